The van der Waals surface area contributed by atoms with Gasteiger partial charge in [-0.15, -0.1) is 0 Å². The van der Waals surface area contributed by atoms with Gasteiger partial charge in [0.25, 0.3) is 0 Å². The van der Waals surface area contributed by atoms with Crippen LogP contribution in [-0.4, -0.2) is 35.8 Å². The lowest BCUT2D eigenvalue weighted by molar-refractivity contribution is -0.139. The number of phenolic OH excluding ortho intramolecular Hbond substituents is 2. The highest BCUT2D eigenvalue weighted by molar-refractivity contribution is 5.53. The second-order valence-corrected chi connectivity index (χ2v) is 6.77. The van der Waals surface area contributed by atoms with E-state index in [0.29, 0.717) is 12.4 Å². The highest BCUT2D eigenvalue weighted by atomic mass is 16.7. The number of benzene rings is 2. The fraction of sp³-hybridized carbons (Fsp3) is 0.333. The summed E-state index contributed by atoms with van der Waals surface area (Å²) in [5.74, 6) is 0.0394. The molecule has 2 N–H and O–H groups in total. The van der Waals surface area contributed by atoms with E-state index in [1.165, 1.54) is 7.11 Å². The quantitative estimate of drug-likeness (QED) is 0.846. The van der Waals surface area contributed by atoms with Crippen molar-refractivity contribution in [3.05, 3.63) is 59.7 Å². The van der Waals surface area contributed by atoms with Crippen LogP contribution in [-0.2, 0) is 9.47 Å². The lowest BCUT2D eigenvalue weighted by atomic mass is 9.92. The molecule has 0 spiro atoms. The van der Waals surface area contributed by atoms with E-state index in [0.717, 1.165) is 11.1 Å². The van der Waals surface area contributed by atoms with Crippen molar-refractivity contribution in [1.82, 2.24) is 0 Å². The van der Waals surface area contributed by atoms with Gasteiger partial charge in [-0.3, -0.25) is 0 Å². The number of rotatable bonds is 5. The molecule has 2 atom stereocenters. The molecule has 138 valence electrons. The Morgan fingerprint density at radius 1 is 1.15 bits per heavy atom. The zero-order valence-electron chi connectivity index (χ0n) is 15.2. The molecule has 26 heavy (non-hydrogen) atoms. The standard InChI is InChI=1S/C21H24O5/c1-21(2)25-13-20(26-21)17(10-6-14-4-8-16(22)9-5-14)15-7-11-18(23)19(12-15)24-3/h4-12,17,20,22-23H,13H2,1-3H3/b10-6+. The van der Waals surface area contributed by atoms with Crippen molar-refractivity contribution in [2.24, 2.45) is 0 Å². The highest BCUT2D eigenvalue weighted by Gasteiger charge is 2.37. The normalized spacial score (nSPS) is 20.3. The maximum absolute atomic E-state index is 9.88. The molecule has 1 saturated heterocycles. The Labute approximate surface area is 153 Å². The summed E-state index contributed by atoms with van der Waals surface area (Å²) in [6, 6.07) is 12.3. The van der Waals surface area contributed by atoms with Crippen LogP contribution in [0.2, 0.25) is 0 Å². The molecule has 0 amide bonds. The summed E-state index contributed by atoms with van der Waals surface area (Å²) in [6.45, 7) is 4.26. The Morgan fingerprint density at radius 2 is 1.88 bits per heavy atom. The van der Waals surface area contributed by atoms with Crippen LogP contribution in [0.25, 0.3) is 6.08 Å². The Balaban J connectivity index is 1.92. The largest absolute Gasteiger partial charge is 0.508 e. The van der Waals surface area contributed by atoms with Crippen molar-refractivity contribution in [2.75, 3.05) is 13.7 Å². The molecule has 2 aromatic carbocycles. The first kappa shape index (κ1) is 18.3. The third-order valence-electron chi connectivity index (χ3n) is 4.41. The molecule has 5 nitrogen and oxygen atoms in total. The van der Waals surface area contributed by atoms with Crippen LogP contribution in [0.3, 0.4) is 0 Å². The first-order valence-corrected chi connectivity index (χ1v) is 8.54. The lowest BCUT2D eigenvalue weighted by Crippen LogP contribution is -2.24. The van der Waals surface area contributed by atoms with Crippen molar-refractivity contribution in [1.29, 1.82) is 0 Å². The van der Waals surface area contributed by atoms with E-state index in [1.807, 2.05) is 50.3 Å². The second-order valence-electron chi connectivity index (χ2n) is 6.77. The van der Waals surface area contributed by atoms with Crippen molar-refractivity contribution >= 4 is 6.08 Å². The predicted octanol–water partition coefficient (Wildman–Crippen LogP) is 4.05. The van der Waals surface area contributed by atoms with Gasteiger partial charge in [0.05, 0.1) is 19.8 Å². The van der Waals surface area contributed by atoms with Crippen molar-refractivity contribution in [2.45, 2.75) is 31.7 Å². The monoisotopic (exact) mass is 356 g/mol. The van der Waals surface area contributed by atoms with Gasteiger partial charge in [0.1, 0.15) is 5.75 Å². The molecule has 2 aromatic rings. The van der Waals surface area contributed by atoms with Gasteiger partial charge in [-0.25, -0.2) is 0 Å². The molecular formula is C21H24O5. The number of aromatic hydroxyl groups is 2. The van der Waals surface area contributed by atoms with Gasteiger partial charge in [0.2, 0.25) is 0 Å². The molecule has 0 radical (unpaired) electrons. The molecule has 0 aliphatic carbocycles. The minimum atomic E-state index is -0.629. The van der Waals surface area contributed by atoms with Gasteiger partial charge in [-0.05, 0) is 49.2 Å². The Kier molecular flexibility index (Phi) is 5.20. The topological polar surface area (TPSA) is 68.2 Å². The van der Waals surface area contributed by atoms with Crippen molar-refractivity contribution in [3.63, 3.8) is 0 Å². The maximum Gasteiger partial charge on any atom is 0.163 e. The van der Waals surface area contributed by atoms with E-state index in [-0.39, 0.29) is 23.5 Å². The number of hydrogen-bond acceptors (Lipinski definition) is 5. The van der Waals surface area contributed by atoms with Crippen molar-refractivity contribution < 1.29 is 24.4 Å². The molecule has 3 rings (SSSR count). The minimum Gasteiger partial charge on any atom is -0.508 e. The van der Waals surface area contributed by atoms with Crippen LogP contribution < -0.4 is 4.74 Å². The highest BCUT2D eigenvalue weighted by Crippen LogP contribution is 2.37. The number of hydrogen-bond donors (Lipinski definition) is 2. The van der Waals surface area contributed by atoms with E-state index in [9.17, 15) is 10.2 Å². The minimum absolute atomic E-state index is 0.0833. The molecule has 0 aromatic heterocycles. The molecule has 1 aliphatic heterocycles. The fourth-order valence-electron chi connectivity index (χ4n) is 3.04. The van der Waals surface area contributed by atoms with Gasteiger partial charge in [0, 0.05) is 5.92 Å². The third-order valence-corrected chi connectivity index (χ3v) is 4.41. The molecule has 1 heterocycles. The number of methoxy groups -OCH3 is 1. The lowest BCUT2D eigenvalue weighted by Gasteiger charge is -2.23. The van der Waals surface area contributed by atoms with Crippen LogP contribution in [0.15, 0.2) is 48.5 Å². The van der Waals surface area contributed by atoms with Crippen LogP contribution in [0.5, 0.6) is 17.2 Å². The summed E-state index contributed by atoms with van der Waals surface area (Å²) in [6.07, 6.45) is 3.87. The number of ether oxygens (including phenoxy) is 3. The maximum atomic E-state index is 9.88. The molecule has 1 fully saturated rings. The predicted molar refractivity (Wildman–Crippen MR) is 99.4 cm³/mol. The molecule has 5 heteroatoms. The van der Waals surface area contributed by atoms with Crippen LogP contribution in [0.1, 0.15) is 30.9 Å². The summed E-state index contributed by atoms with van der Waals surface area (Å²) < 4.78 is 17.0. The molecule has 1 aliphatic rings. The van der Waals surface area contributed by atoms with Gasteiger partial charge < -0.3 is 24.4 Å². The van der Waals surface area contributed by atoms with Gasteiger partial charge in [-0.2, -0.15) is 0 Å². The summed E-state index contributed by atoms with van der Waals surface area (Å²) >= 11 is 0. The Hall–Kier alpha value is -2.50. The smallest absolute Gasteiger partial charge is 0.163 e. The first-order valence-electron chi connectivity index (χ1n) is 8.54. The summed E-state index contributed by atoms with van der Waals surface area (Å²) in [5, 5.41) is 19.3. The van der Waals surface area contributed by atoms with Crippen molar-refractivity contribution in [3.8, 4) is 17.2 Å². The average Bonchev–Trinajstić information content (AvgIpc) is 2.97. The van der Waals surface area contributed by atoms with E-state index >= 15 is 0 Å². The summed E-state index contributed by atoms with van der Waals surface area (Å²) in [4.78, 5) is 0. The zero-order chi connectivity index (χ0) is 18.7. The van der Waals surface area contributed by atoms with E-state index in [4.69, 9.17) is 14.2 Å². The molecule has 0 bridgehead atoms. The Bertz CT molecular complexity index is 779. The number of phenols is 2. The van der Waals surface area contributed by atoms with E-state index in [1.54, 1.807) is 18.2 Å². The molecule has 0 saturated carbocycles. The SMILES string of the molecule is COc1cc(C(/C=C/c2ccc(O)cc2)C2COC(C)(C)O2)ccc1O. The zero-order valence-corrected chi connectivity index (χ0v) is 15.2. The van der Waals surface area contributed by atoms with Gasteiger partial charge in [-0.1, -0.05) is 30.4 Å². The van der Waals surface area contributed by atoms with E-state index in [2.05, 4.69) is 0 Å². The Morgan fingerprint density at radius 3 is 2.50 bits per heavy atom. The van der Waals surface area contributed by atoms with Crippen LogP contribution >= 0.6 is 0 Å². The molecule has 2 unspecified atom stereocenters. The average molecular weight is 356 g/mol. The summed E-state index contributed by atoms with van der Waals surface area (Å²) in [5.41, 5.74) is 1.93. The fourth-order valence-corrected chi connectivity index (χ4v) is 3.04. The second kappa shape index (κ2) is 7.40. The third kappa shape index (κ3) is 4.18. The van der Waals surface area contributed by atoms with Gasteiger partial charge >= 0.3 is 0 Å². The van der Waals surface area contributed by atoms with E-state index < -0.39 is 5.79 Å². The first-order chi connectivity index (χ1) is 12.4. The van der Waals surface area contributed by atoms with Crippen LogP contribution in [0, 0.1) is 0 Å². The molecular weight excluding hydrogens is 332 g/mol. The van der Waals surface area contributed by atoms with Crippen LogP contribution in [0.4, 0.5) is 0 Å². The van der Waals surface area contributed by atoms with Gasteiger partial charge in [0.15, 0.2) is 17.3 Å². The summed E-state index contributed by atoms with van der Waals surface area (Å²) in [7, 11) is 1.53.